The molecule has 0 aromatic heterocycles. The molecule has 98 valence electrons. The molecule has 2 aliphatic rings. The van der Waals surface area contributed by atoms with Crippen molar-refractivity contribution in [2.75, 3.05) is 0 Å². The molecule has 3 heteroatoms. The van der Waals surface area contributed by atoms with Gasteiger partial charge < -0.3 is 9.84 Å². The first-order valence-electron chi connectivity index (χ1n) is 6.39. The summed E-state index contributed by atoms with van der Waals surface area (Å²) in [6.45, 7) is 8.53. The molecule has 18 heavy (non-hydrogen) atoms. The van der Waals surface area contributed by atoms with E-state index in [0.29, 0.717) is 17.9 Å². The largest absolute Gasteiger partial charge is 0.429 e. The van der Waals surface area contributed by atoms with E-state index in [1.54, 1.807) is 0 Å². The zero-order chi connectivity index (χ0) is 13.3. The number of hydrogen-bond donors (Lipinski definition) is 1. The van der Waals surface area contributed by atoms with E-state index in [1.807, 2.05) is 0 Å². The molecule has 1 N–H and O–H groups in total. The van der Waals surface area contributed by atoms with Crippen LogP contribution in [0.1, 0.15) is 33.1 Å². The van der Waals surface area contributed by atoms with Crippen LogP contribution in [0.2, 0.25) is 0 Å². The normalized spacial score (nSPS) is 35.6. The van der Waals surface area contributed by atoms with Gasteiger partial charge in [0.2, 0.25) is 6.29 Å². The maximum atomic E-state index is 11.4. The molecule has 0 spiro atoms. The number of carbonyl (C=O) groups is 1. The van der Waals surface area contributed by atoms with Crippen LogP contribution >= 0.6 is 0 Å². The van der Waals surface area contributed by atoms with Crippen molar-refractivity contribution in [3.8, 4) is 0 Å². The van der Waals surface area contributed by atoms with Crippen molar-refractivity contribution in [1.82, 2.24) is 0 Å². The fraction of sp³-hybridized carbons (Fsp3) is 0.533. The molecule has 3 nitrogen and oxygen atoms in total. The Morgan fingerprint density at radius 3 is 2.89 bits per heavy atom. The Morgan fingerprint density at radius 1 is 1.61 bits per heavy atom. The van der Waals surface area contributed by atoms with Crippen LogP contribution < -0.4 is 0 Å². The molecule has 0 fully saturated rings. The van der Waals surface area contributed by atoms with Crippen LogP contribution in [-0.2, 0) is 9.53 Å². The van der Waals surface area contributed by atoms with Gasteiger partial charge in [-0.15, -0.1) is 0 Å². The first-order chi connectivity index (χ1) is 8.43. The summed E-state index contributed by atoms with van der Waals surface area (Å²) in [5, 5.41) is 9.23. The minimum absolute atomic E-state index is 0.0173. The molecule has 0 aromatic carbocycles. The van der Waals surface area contributed by atoms with Crippen LogP contribution in [0.4, 0.5) is 0 Å². The third-order valence-electron chi connectivity index (χ3n) is 4.38. The molecular weight excluding hydrogens is 228 g/mol. The first-order valence-corrected chi connectivity index (χ1v) is 6.39. The van der Waals surface area contributed by atoms with Crippen LogP contribution in [-0.4, -0.2) is 17.4 Å². The molecule has 0 saturated heterocycles. The lowest BCUT2D eigenvalue weighted by molar-refractivity contribution is -0.151. The quantitative estimate of drug-likeness (QED) is 0.781. The van der Waals surface area contributed by atoms with Crippen molar-refractivity contribution in [3.05, 3.63) is 36.0 Å². The van der Waals surface area contributed by atoms with Gasteiger partial charge in [-0.1, -0.05) is 32.6 Å². The minimum Gasteiger partial charge on any atom is -0.429 e. The van der Waals surface area contributed by atoms with Crippen LogP contribution in [0.15, 0.2) is 36.0 Å². The van der Waals surface area contributed by atoms with Gasteiger partial charge in [-0.2, -0.15) is 0 Å². The monoisotopic (exact) mass is 248 g/mol. The van der Waals surface area contributed by atoms with Gasteiger partial charge in [0, 0.05) is 5.57 Å². The van der Waals surface area contributed by atoms with E-state index >= 15 is 0 Å². The SMILES string of the molecule is C=C1C=CC[C@@H](C)[C@@]1(C)CCC1=C[C@H](O)OC1=O. The highest BCUT2D eigenvalue weighted by molar-refractivity contribution is 5.90. The van der Waals surface area contributed by atoms with E-state index < -0.39 is 12.3 Å². The van der Waals surface area contributed by atoms with Gasteiger partial charge in [0.1, 0.15) is 0 Å². The number of aliphatic hydroxyl groups excluding tert-OH is 1. The first kappa shape index (κ1) is 13.1. The Kier molecular flexibility index (Phi) is 3.44. The van der Waals surface area contributed by atoms with Gasteiger partial charge in [0.25, 0.3) is 0 Å². The van der Waals surface area contributed by atoms with E-state index in [0.717, 1.165) is 18.4 Å². The lowest BCUT2D eigenvalue weighted by Crippen LogP contribution is -2.29. The molecule has 0 bridgehead atoms. The summed E-state index contributed by atoms with van der Waals surface area (Å²) >= 11 is 0. The van der Waals surface area contributed by atoms with Gasteiger partial charge in [0.15, 0.2) is 0 Å². The summed E-state index contributed by atoms with van der Waals surface area (Å²) < 4.78 is 4.69. The van der Waals surface area contributed by atoms with Gasteiger partial charge >= 0.3 is 5.97 Å². The average molecular weight is 248 g/mol. The van der Waals surface area contributed by atoms with Crippen molar-refractivity contribution < 1.29 is 14.6 Å². The van der Waals surface area contributed by atoms with Crippen molar-refractivity contribution >= 4 is 5.97 Å². The highest BCUT2D eigenvalue weighted by Gasteiger charge is 2.35. The summed E-state index contributed by atoms with van der Waals surface area (Å²) in [6, 6.07) is 0. The van der Waals surface area contributed by atoms with Crippen LogP contribution in [0.3, 0.4) is 0 Å². The van der Waals surface area contributed by atoms with Crippen LogP contribution in [0, 0.1) is 11.3 Å². The molecule has 0 saturated carbocycles. The number of ether oxygens (including phenoxy) is 1. The second-order valence-electron chi connectivity index (χ2n) is 5.47. The number of carbonyl (C=O) groups excluding carboxylic acids is 1. The number of hydrogen-bond acceptors (Lipinski definition) is 3. The van der Waals surface area contributed by atoms with Crippen molar-refractivity contribution in [1.29, 1.82) is 0 Å². The molecule has 0 radical (unpaired) electrons. The van der Waals surface area contributed by atoms with E-state index in [2.05, 4.69) is 37.3 Å². The number of cyclic esters (lactones) is 1. The zero-order valence-corrected chi connectivity index (χ0v) is 11.0. The highest BCUT2D eigenvalue weighted by atomic mass is 16.6. The number of esters is 1. The Hall–Kier alpha value is -1.35. The minimum atomic E-state index is -1.06. The standard InChI is InChI=1S/C15H20O3/c1-10-5-4-6-11(2)15(10,3)8-7-12-9-13(16)18-14(12)17/h4-5,9,11,13,16H,1,6-8H2,2-3H3/t11-,13-,15+/m1/s1. The molecular formula is C15H20O3. The van der Waals surface area contributed by atoms with Crippen molar-refractivity contribution in [3.63, 3.8) is 0 Å². The fourth-order valence-electron chi connectivity index (χ4n) is 2.63. The molecule has 1 aliphatic carbocycles. The molecule has 1 heterocycles. The maximum absolute atomic E-state index is 11.4. The summed E-state index contributed by atoms with van der Waals surface area (Å²) in [7, 11) is 0. The summed E-state index contributed by atoms with van der Waals surface area (Å²) in [5.41, 5.74) is 1.72. The molecule has 0 unspecified atom stereocenters. The molecule has 0 amide bonds. The second kappa shape index (κ2) is 4.73. The molecule has 0 aromatic rings. The molecule has 3 atom stereocenters. The topological polar surface area (TPSA) is 46.5 Å². The average Bonchev–Trinajstić information content (AvgIpc) is 2.62. The fourth-order valence-corrected chi connectivity index (χ4v) is 2.63. The van der Waals surface area contributed by atoms with Crippen LogP contribution in [0.25, 0.3) is 0 Å². The highest BCUT2D eigenvalue weighted by Crippen LogP contribution is 2.45. The van der Waals surface area contributed by atoms with E-state index in [-0.39, 0.29) is 5.41 Å². The van der Waals surface area contributed by atoms with Gasteiger partial charge in [-0.3, -0.25) is 0 Å². The smallest absolute Gasteiger partial charge is 0.336 e. The van der Waals surface area contributed by atoms with Crippen molar-refractivity contribution in [2.45, 2.75) is 39.4 Å². The Morgan fingerprint density at radius 2 is 2.33 bits per heavy atom. The third kappa shape index (κ3) is 2.27. The number of allylic oxidation sites excluding steroid dienone is 3. The van der Waals surface area contributed by atoms with E-state index in [4.69, 9.17) is 0 Å². The summed E-state index contributed by atoms with van der Waals surface area (Å²) in [5.74, 6) is 0.119. The van der Waals surface area contributed by atoms with E-state index in [9.17, 15) is 9.90 Å². The predicted molar refractivity (Wildman–Crippen MR) is 69.6 cm³/mol. The molecule has 2 rings (SSSR count). The predicted octanol–water partition coefficient (Wildman–Crippen LogP) is 2.73. The lowest BCUT2D eigenvalue weighted by atomic mass is 9.65. The third-order valence-corrected chi connectivity index (χ3v) is 4.38. The summed E-state index contributed by atoms with van der Waals surface area (Å²) in [6.07, 6.45) is 7.19. The summed E-state index contributed by atoms with van der Waals surface area (Å²) in [4.78, 5) is 11.4. The zero-order valence-electron chi connectivity index (χ0n) is 11.0. The second-order valence-corrected chi connectivity index (χ2v) is 5.47. The van der Waals surface area contributed by atoms with Gasteiger partial charge in [-0.05, 0) is 42.2 Å². The van der Waals surface area contributed by atoms with Gasteiger partial charge in [0.05, 0.1) is 0 Å². The Bertz CT molecular complexity index is 433. The number of aliphatic hydroxyl groups is 1. The Labute approximate surface area is 108 Å². The van der Waals surface area contributed by atoms with Gasteiger partial charge in [-0.25, -0.2) is 4.79 Å². The van der Waals surface area contributed by atoms with E-state index in [1.165, 1.54) is 6.08 Å². The molecule has 1 aliphatic heterocycles. The lowest BCUT2D eigenvalue weighted by Gasteiger charge is -2.39. The maximum Gasteiger partial charge on any atom is 0.336 e. The van der Waals surface area contributed by atoms with Crippen LogP contribution in [0.5, 0.6) is 0 Å². The van der Waals surface area contributed by atoms with Crippen molar-refractivity contribution in [2.24, 2.45) is 11.3 Å². The Balaban J connectivity index is 2.05. The number of rotatable bonds is 3.